The lowest BCUT2D eigenvalue weighted by Gasteiger charge is -2.24. The molecule has 26 heavy (non-hydrogen) atoms. The topological polar surface area (TPSA) is 76.2 Å². The van der Waals surface area contributed by atoms with Gasteiger partial charge in [-0.3, -0.25) is 4.90 Å². The standard InChI is InChI=1S/C19H23N5O2/c1-25-15-9-16(19-22-21-18-4-3-7-24(18)19)23(12-15)11-13-5-6-17(26-2)14(8-13)10-20/h5-6,8,15-16H,3-4,7,9,11-12H2,1-2H3/t15-,16+/m1/s1. The van der Waals surface area contributed by atoms with E-state index >= 15 is 0 Å². The van der Waals surface area contributed by atoms with Crippen molar-refractivity contribution in [3.63, 3.8) is 0 Å². The van der Waals surface area contributed by atoms with Gasteiger partial charge in [-0.05, 0) is 30.5 Å². The number of likely N-dealkylation sites (tertiary alicyclic amines) is 1. The van der Waals surface area contributed by atoms with Crippen LogP contribution in [0.15, 0.2) is 18.2 Å². The number of nitrogens with zero attached hydrogens (tertiary/aromatic N) is 5. The Morgan fingerprint density at radius 2 is 2.19 bits per heavy atom. The van der Waals surface area contributed by atoms with Crippen molar-refractivity contribution in [3.05, 3.63) is 41.0 Å². The van der Waals surface area contributed by atoms with Crippen LogP contribution in [0.2, 0.25) is 0 Å². The van der Waals surface area contributed by atoms with E-state index in [0.29, 0.717) is 11.3 Å². The third kappa shape index (κ3) is 2.96. The van der Waals surface area contributed by atoms with E-state index in [0.717, 1.165) is 56.1 Å². The lowest BCUT2D eigenvalue weighted by atomic mass is 10.1. The SMILES string of the molecule is COc1ccc(CN2C[C@H](OC)C[C@H]2c2nnc3n2CCC3)cc1C#N. The number of aryl methyl sites for hydroxylation is 1. The van der Waals surface area contributed by atoms with Crippen LogP contribution in [0.4, 0.5) is 0 Å². The first-order valence-corrected chi connectivity index (χ1v) is 8.99. The minimum atomic E-state index is 0.183. The summed E-state index contributed by atoms with van der Waals surface area (Å²) >= 11 is 0. The van der Waals surface area contributed by atoms with Crippen LogP contribution in [0.25, 0.3) is 0 Å². The van der Waals surface area contributed by atoms with Gasteiger partial charge in [-0.2, -0.15) is 5.26 Å². The summed E-state index contributed by atoms with van der Waals surface area (Å²) in [4.78, 5) is 2.38. The Balaban J connectivity index is 1.60. The molecule has 2 aliphatic rings. The highest BCUT2D eigenvalue weighted by Crippen LogP contribution is 2.35. The van der Waals surface area contributed by atoms with Crippen LogP contribution in [0.1, 0.15) is 41.7 Å². The van der Waals surface area contributed by atoms with Crippen LogP contribution in [0, 0.1) is 11.3 Å². The van der Waals surface area contributed by atoms with Crippen molar-refractivity contribution in [1.82, 2.24) is 19.7 Å². The minimum Gasteiger partial charge on any atom is -0.495 e. The minimum absolute atomic E-state index is 0.183. The molecule has 2 aromatic rings. The van der Waals surface area contributed by atoms with Crippen molar-refractivity contribution in [2.75, 3.05) is 20.8 Å². The highest BCUT2D eigenvalue weighted by molar-refractivity contribution is 5.45. The Kier molecular flexibility index (Phi) is 4.62. The molecule has 0 saturated carbocycles. The lowest BCUT2D eigenvalue weighted by molar-refractivity contribution is 0.107. The van der Waals surface area contributed by atoms with Gasteiger partial charge in [-0.15, -0.1) is 10.2 Å². The Hall–Kier alpha value is -2.43. The number of rotatable bonds is 5. The molecule has 0 bridgehead atoms. The summed E-state index contributed by atoms with van der Waals surface area (Å²) in [5, 5.41) is 18.2. The molecule has 0 amide bonds. The van der Waals surface area contributed by atoms with E-state index in [9.17, 15) is 5.26 Å². The summed E-state index contributed by atoms with van der Waals surface area (Å²) in [5.74, 6) is 2.75. The highest BCUT2D eigenvalue weighted by Gasteiger charge is 2.37. The van der Waals surface area contributed by atoms with Crippen LogP contribution >= 0.6 is 0 Å². The summed E-state index contributed by atoms with van der Waals surface area (Å²) in [7, 11) is 3.35. The lowest BCUT2D eigenvalue weighted by Crippen LogP contribution is -2.26. The Morgan fingerprint density at radius 3 is 2.96 bits per heavy atom. The molecule has 7 nitrogen and oxygen atoms in total. The summed E-state index contributed by atoms with van der Waals surface area (Å²) in [5.41, 5.74) is 1.65. The second kappa shape index (κ2) is 7.06. The van der Waals surface area contributed by atoms with Gasteiger partial charge in [-0.25, -0.2) is 0 Å². The van der Waals surface area contributed by atoms with Crippen molar-refractivity contribution < 1.29 is 9.47 Å². The maximum absolute atomic E-state index is 9.34. The van der Waals surface area contributed by atoms with Crippen molar-refractivity contribution in [3.8, 4) is 11.8 Å². The molecular weight excluding hydrogens is 330 g/mol. The fourth-order valence-corrected chi connectivity index (χ4v) is 4.07. The molecule has 4 rings (SSSR count). The quantitative estimate of drug-likeness (QED) is 0.819. The third-order valence-corrected chi connectivity index (χ3v) is 5.40. The third-order valence-electron chi connectivity index (χ3n) is 5.40. The number of hydrogen-bond donors (Lipinski definition) is 0. The predicted molar refractivity (Wildman–Crippen MR) is 94.6 cm³/mol. The van der Waals surface area contributed by atoms with Crippen LogP contribution < -0.4 is 4.74 Å². The Bertz CT molecular complexity index is 841. The first-order chi connectivity index (χ1) is 12.7. The number of fused-ring (bicyclic) bond motifs is 1. The maximum atomic E-state index is 9.34. The molecule has 0 aliphatic carbocycles. The molecule has 0 spiro atoms. The van der Waals surface area contributed by atoms with Gasteiger partial charge in [0, 0.05) is 33.2 Å². The average molecular weight is 353 g/mol. The monoisotopic (exact) mass is 353 g/mol. The van der Waals surface area contributed by atoms with Gasteiger partial charge in [0.05, 0.1) is 24.8 Å². The first kappa shape index (κ1) is 17.0. The largest absolute Gasteiger partial charge is 0.495 e. The molecule has 1 saturated heterocycles. The number of hydrogen-bond acceptors (Lipinski definition) is 6. The van der Waals surface area contributed by atoms with Gasteiger partial charge >= 0.3 is 0 Å². The van der Waals surface area contributed by atoms with Crippen LogP contribution in [-0.2, 0) is 24.2 Å². The summed E-state index contributed by atoms with van der Waals surface area (Å²) in [6, 6.07) is 8.19. The molecule has 3 heterocycles. The van der Waals surface area contributed by atoms with Crippen molar-refractivity contribution in [1.29, 1.82) is 5.26 Å². The summed E-state index contributed by atoms with van der Waals surface area (Å²) in [6.45, 7) is 2.59. The summed E-state index contributed by atoms with van der Waals surface area (Å²) < 4.78 is 13.2. The van der Waals surface area contributed by atoms with Crippen molar-refractivity contribution in [2.45, 2.75) is 44.5 Å². The zero-order valence-corrected chi connectivity index (χ0v) is 15.2. The fourth-order valence-electron chi connectivity index (χ4n) is 4.07. The van der Waals surface area contributed by atoms with E-state index in [2.05, 4.69) is 25.7 Å². The van der Waals surface area contributed by atoms with E-state index in [1.54, 1.807) is 14.2 Å². The number of ether oxygens (including phenoxy) is 2. The number of aromatic nitrogens is 3. The van der Waals surface area contributed by atoms with E-state index in [-0.39, 0.29) is 12.1 Å². The predicted octanol–water partition coefficient (Wildman–Crippen LogP) is 2.07. The van der Waals surface area contributed by atoms with E-state index in [1.165, 1.54) is 0 Å². The second-order valence-electron chi connectivity index (χ2n) is 6.91. The van der Waals surface area contributed by atoms with Gasteiger partial charge < -0.3 is 14.0 Å². The van der Waals surface area contributed by atoms with Gasteiger partial charge in [0.25, 0.3) is 0 Å². The van der Waals surface area contributed by atoms with Gasteiger partial charge in [0.15, 0.2) is 5.82 Å². The highest BCUT2D eigenvalue weighted by atomic mass is 16.5. The molecule has 0 radical (unpaired) electrons. The first-order valence-electron chi connectivity index (χ1n) is 8.99. The molecule has 2 aliphatic heterocycles. The maximum Gasteiger partial charge on any atom is 0.150 e. The number of benzene rings is 1. The molecule has 1 aromatic heterocycles. The van der Waals surface area contributed by atoms with Crippen LogP contribution in [0.5, 0.6) is 5.75 Å². The smallest absolute Gasteiger partial charge is 0.150 e. The van der Waals surface area contributed by atoms with Crippen LogP contribution in [0.3, 0.4) is 0 Å². The molecule has 1 fully saturated rings. The molecule has 1 aromatic carbocycles. The molecule has 7 heteroatoms. The zero-order valence-electron chi connectivity index (χ0n) is 15.2. The van der Waals surface area contributed by atoms with E-state index in [1.807, 2.05) is 18.2 Å². The normalized spacial score (nSPS) is 22.3. The zero-order chi connectivity index (χ0) is 18.1. The number of methoxy groups -OCH3 is 2. The fraction of sp³-hybridized carbons (Fsp3) is 0.526. The van der Waals surface area contributed by atoms with Crippen LogP contribution in [-0.4, -0.2) is 46.5 Å². The average Bonchev–Trinajstić information content (AvgIpc) is 3.37. The van der Waals surface area contributed by atoms with Gasteiger partial charge in [-0.1, -0.05) is 6.07 Å². The molecular formula is C19H23N5O2. The molecule has 136 valence electrons. The second-order valence-corrected chi connectivity index (χ2v) is 6.91. The summed E-state index contributed by atoms with van der Waals surface area (Å²) in [6.07, 6.45) is 3.25. The van der Waals surface area contributed by atoms with Gasteiger partial charge in [0.1, 0.15) is 17.6 Å². The molecule has 2 atom stereocenters. The van der Waals surface area contributed by atoms with Crippen molar-refractivity contribution >= 4 is 0 Å². The molecule has 0 unspecified atom stereocenters. The van der Waals surface area contributed by atoms with E-state index in [4.69, 9.17) is 9.47 Å². The van der Waals surface area contributed by atoms with Gasteiger partial charge in [0.2, 0.25) is 0 Å². The molecule has 0 N–H and O–H groups in total. The van der Waals surface area contributed by atoms with Crippen molar-refractivity contribution in [2.24, 2.45) is 0 Å². The van der Waals surface area contributed by atoms with E-state index < -0.39 is 0 Å². The number of nitriles is 1. The Morgan fingerprint density at radius 1 is 1.31 bits per heavy atom. The Labute approximate surface area is 153 Å².